The molecule has 0 fully saturated rings. The maximum absolute atomic E-state index is 13.3. The third kappa shape index (κ3) is 3.51. The molecule has 0 N–H and O–H groups in total. The Labute approximate surface area is 192 Å². The van der Waals surface area contributed by atoms with Crippen molar-refractivity contribution in [3.63, 3.8) is 0 Å². The van der Waals surface area contributed by atoms with Crippen molar-refractivity contribution in [1.29, 1.82) is 0 Å². The molecule has 0 radical (unpaired) electrons. The predicted molar refractivity (Wildman–Crippen MR) is 125 cm³/mol. The van der Waals surface area contributed by atoms with Gasteiger partial charge in [0.05, 0.1) is 11.9 Å². The van der Waals surface area contributed by atoms with Crippen LogP contribution in [0.1, 0.15) is 5.69 Å². The van der Waals surface area contributed by atoms with Crippen LogP contribution in [0.4, 0.5) is 13.2 Å². The maximum atomic E-state index is 13.3. The van der Waals surface area contributed by atoms with Crippen molar-refractivity contribution in [1.82, 2.24) is 18.8 Å². The third-order valence-electron chi connectivity index (χ3n) is 5.85. The summed E-state index contributed by atoms with van der Waals surface area (Å²) in [5, 5.41) is 0. The van der Waals surface area contributed by atoms with Crippen LogP contribution in [0.25, 0.3) is 44.8 Å². The largest absolute Gasteiger partial charge is 0.433 e. The van der Waals surface area contributed by atoms with Gasteiger partial charge in [0.25, 0.3) is 0 Å². The van der Waals surface area contributed by atoms with E-state index in [4.69, 9.17) is 4.98 Å². The lowest BCUT2D eigenvalue weighted by Gasteiger charge is -2.08. The average molecular weight is 454 g/mol. The van der Waals surface area contributed by atoms with E-state index >= 15 is 0 Å². The number of fused-ring (bicyclic) bond motifs is 2. The predicted octanol–water partition coefficient (Wildman–Crippen LogP) is 7.00. The van der Waals surface area contributed by atoms with Gasteiger partial charge in [-0.15, -0.1) is 0 Å². The van der Waals surface area contributed by atoms with Gasteiger partial charge >= 0.3 is 6.18 Å². The van der Waals surface area contributed by atoms with E-state index in [1.54, 1.807) is 12.1 Å². The number of halogens is 3. The minimum absolute atomic E-state index is 0.252. The maximum Gasteiger partial charge on any atom is 0.433 e. The van der Waals surface area contributed by atoms with Gasteiger partial charge in [0.2, 0.25) is 0 Å². The van der Waals surface area contributed by atoms with Crippen LogP contribution in [0.5, 0.6) is 0 Å². The number of pyridine rings is 2. The fourth-order valence-electron chi connectivity index (χ4n) is 4.15. The summed E-state index contributed by atoms with van der Waals surface area (Å²) in [5.74, 6) is 0. The summed E-state index contributed by atoms with van der Waals surface area (Å²) in [6.07, 6.45) is 1.85. The smallest absolute Gasteiger partial charge is 0.306 e. The molecule has 0 saturated heterocycles. The SMILES string of the molecule is FC(F)(F)c1cnc2ccc(-c3cccc(-c4cn5cc(-c6ccccc6)ccc5n4)c3)cn12. The minimum atomic E-state index is -4.48. The van der Waals surface area contributed by atoms with E-state index in [-0.39, 0.29) is 5.65 Å². The van der Waals surface area contributed by atoms with E-state index < -0.39 is 11.9 Å². The highest BCUT2D eigenvalue weighted by Gasteiger charge is 2.34. The first kappa shape index (κ1) is 20.2. The molecule has 34 heavy (non-hydrogen) atoms. The van der Waals surface area contributed by atoms with E-state index in [0.29, 0.717) is 5.56 Å². The van der Waals surface area contributed by atoms with Crippen LogP contribution in [0.2, 0.25) is 0 Å². The third-order valence-corrected chi connectivity index (χ3v) is 5.85. The first-order valence-corrected chi connectivity index (χ1v) is 10.6. The first-order valence-electron chi connectivity index (χ1n) is 10.6. The van der Waals surface area contributed by atoms with Gasteiger partial charge in [-0.25, -0.2) is 9.97 Å². The van der Waals surface area contributed by atoms with Crippen molar-refractivity contribution in [3.8, 4) is 33.5 Å². The molecule has 0 saturated carbocycles. The summed E-state index contributed by atoms with van der Waals surface area (Å²) in [5.41, 5.74) is 5.59. The highest BCUT2D eigenvalue weighted by atomic mass is 19.4. The number of rotatable bonds is 3. The summed E-state index contributed by atoms with van der Waals surface area (Å²) in [6, 6.07) is 25.1. The molecule has 2 aromatic carbocycles. The van der Waals surface area contributed by atoms with Crippen molar-refractivity contribution in [2.24, 2.45) is 0 Å². The first-order chi connectivity index (χ1) is 16.5. The number of nitrogens with zero attached hydrogens (tertiary/aromatic N) is 4. The second-order valence-electron chi connectivity index (χ2n) is 8.04. The van der Waals surface area contributed by atoms with Crippen LogP contribution >= 0.6 is 0 Å². The Bertz CT molecular complexity index is 1650. The van der Waals surface area contributed by atoms with E-state index in [1.165, 1.54) is 6.20 Å². The van der Waals surface area contributed by atoms with Crippen molar-refractivity contribution >= 4 is 11.3 Å². The molecule has 4 heterocycles. The van der Waals surface area contributed by atoms with Gasteiger partial charge in [0.15, 0.2) is 0 Å². The average Bonchev–Trinajstić information content (AvgIpc) is 3.48. The minimum Gasteiger partial charge on any atom is -0.306 e. The van der Waals surface area contributed by atoms with Crippen LogP contribution in [0, 0.1) is 0 Å². The number of hydrogen-bond donors (Lipinski definition) is 0. The molecule has 0 bridgehead atoms. The number of imidazole rings is 2. The van der Waals surface area contributed by atoms with Gasteiger partial charge in [-0.3, -0.25) is 4.40 Å². The van der Waals surface area contributed by atoms with Gasteiger partial charge in [0.1, 0.15) is 17.0 Å². The normalized spacial score (nSPS) is 12.0. The van der Waals surface area contributed by atoms with Gasteiger partial charge in [-0.1, -0.05) is 48.5 Å². The molecular weight excluding hydrogens is 437 g/mol. The Hall–Kier alpha value is -4.39. The van der Waals surface area contributed by atoms with Gasteiger partial charge in [0, 0.05) is 24.2 Å². The zero-order valence-corrected chi connectivity index (χ0v) is 17.7. The molecule has 0 atom stereocenters. The zero-order valence-electron chi connectivity index (χ0n) is 17.7. The fraction of sp³-hybridized carbons (Fsp3) is 0.0370. The molecule has 0 aliphatic heterocycles. The second kappa shape index (κ2) is 7.59. The van der Waals surface area contributed by atoms with Crippen molar-refractivity contribution < 1.29 is 13.2 Å². The topological polar surface area (TPSA) is 34.6 Å². The van der Waals surface area contributed by atoms with E-state index in [2.05, 4.69) is 17.1 Å². The fourth-order valence-corrected chi connectivity index (χ4v) is 4.15. The van der Waals surface area contributed by atoms with Crippen molar-refractivity contribution in [3.05, 3.63) is 109 Å². The molecule has 166 valence electrons. The Balaban J connectivity index is 1.39. The molecule has 6 aromatic rings. The molecule has 0 aliphatic rings. The summed E-state index contributed by atoms with van der Waals surface area (Å²) in [4.78, 5) is 8.61. The quantitative estimate of drug-likeness (QED) is 0.289. The lowest BCUT2D eigenvalue weighted by atomic mass is 10.0. The molecule has 4 nitrogen and oxygen atoms in total. The standard InChI is InChI=1S/C27H17F3N4/c28-27(29,30)24-14-31-25-11-9-22(16-34(24)25)19-7-4-8-20(13-19)23-17-33-15-21(10-12-26(33)32-23)18-5-2-1-3-6-18/h1-17H. The molecule has 6 rings (SSSR count). The number of alkyl halides is 3. The van der Waals surface area contributed by atoms with Crippen LogP contribution in [-0.2, 0) is 6.18 Å². The zero-order chi connectivity index (χ0) is 23.3. The number of aromatic nitrogens is 4. The molecular formula is C27H17F3N4. The summed E-state index contributed by atoms with van der Waals surface area (Å²) in [6.45, 7) is 0. The molecule has 0 unspecified atom stereocenters. The molecule has 7 heteroatoms. The highest BCUT2D eigenvalue weighted by molar-refractivity contribution is 5.73. The van der Waals surface area contributed by atoms with E-state index in [1.807, 2.05) is 71.4 Å². The lowest BCUT2D eigenvalue weighted by molar-refractivity contribution is -0.141. The number of hydrogen-bond acceptors (Lipinski definition) is 2. The van der Waals surface area contributed by atoms with Crippen LogP contribution in [-0.4, -0.2) is 18.8 Å². The Morgan fingerprint density at radius 2 is 1.32 bits per heavy atom. The Kier molecular flexibility index (Phi) is 4.52. The number of benzene rings is 2. The van der Waals surface area contributed by atoms with Gasteiger partial charge in [-0.05, 0) is 52.6 Å². The second-order valence-corrected chi connectivity index (χ2v) is 8.04. The monoisotopic (exact) mass is 454 g/mol. The highest BCUT2D eigenvalue weighted by Crippen LogP contribution is 2.32. The Morgan fingerprint density at radius 3 is 2.12 bits per heavy atom. The molecule has 0 aliphatic carbocycles. The molecule has 0 spiro atoms. The lowest BCUT2D eigenvalue weighted by Crippen LogP contribution is -2.08. The van der Waals surface area contributed by atoms with Gasteiger partial charge < -0.3 is 4.40 Å². The van der Waals surface area contributed by atoms with E-state index in [0.717, 1.165) is 44.2 Å². The summed E-state index contributed by atoms with van der Waals surface area (Å²) >= 11 is 0. The van der Waals surface area contributed by atoms with Crippen molar-refractivity contribution in [2.45, 2.75) is 6.18 Å². The van der Waals surface area contributed by atoms with Gasteiger partial charge in [-0.2, -0.15) is 13.2 Å². The molecule has 4 aromatic heterocycles. The van der Waals surface area contributed by atoms with Crippen molar-refractivity contribution in [2.75, 3.05) is 0 Å². The van der Waals surface area contributed by atoms with E-state index in [9.17, 15) is 13.2 Å². The van der Waals surface area contributed by atoms with Crippen LogP contribution < -0.4 is 0 Å². The Morgan fingerprint density at radius 1 is 0.618 bits per heavy atom. The summed E-state index contributed by atoms with van der Waals surface area (Å²) < 4.78 is 43.1. The van der Waals surface area contributed by atoms with Crippen LogP contribution in [0.15, 0.2) is 104 Å². The molecule has 0 amide bonds. The van der Waals surface area contributed by atoms with Crippen LogP contribution in [0.3, 0.4) is 0 Å². The summed E-state index contributed by atoms with van der Waals surface area (Å²) in [7, 11) is 0.